The Labute approximate surface area is 123 Å². The summed E-state index contributed by atoms with van der Waals surface area (Å²) in [5, 5.41) is 0. The number of rotatable bonds is 3. The number of hydrogen-bond acceptors (Lipinski definition) is 3. The number of pyridine rings is 1. The first kappa shape index (κ1) is 15.1. The molecule has 0 aliphatic heterocycles. The SMILES string of the molecule is Cc1cnc(F)c(-c2cc(CN)cc(C(=O)N(C)C)c2)c1. The first-order chi connectivity index (χ1) is 9.92. The quantitative estimate of drug-likeness (QED) is 0.882. The molecule has 1 heterocycles. The molecule has 4 nitrogen and oxygen atoms in total. The summed E-state index contributed by atoms with van der Waals surface area (Å²) in [6.07, 6.45) is 1.47. The number of halogens is 1. The molecule has 2 N–H and O–H groups in total. The van der Waals surface area contributed by atoms with Crippen molar-refractivity contribution in [1.29, 1.82) is 0 Å². The molecule has 0 atom stereocenters. The zero-order valence-electron chi connectivity index (χ0n) is 12.4. The number of benzene rings is 1. The molecular formula is C16H18FN3O. The second-order valence-electron chi connectivity index (χ2n) is 5.17. The lowest BCUT2D eigenvalue weighted by molar-refractivity contribution is 0.0827. The Kier molecular flexibility index (Phi) is 4.33. The molecule has 0 unspecified atom stereocenters. The standard InChI is InChI=1S/C16H18FN3O/c1-10-4-14(15(17)19-9-10)12-5-11(8-18)6-13(7-12)16(21)20(2)3/h4-7,9H,8,18H2,1-3H3. The van der Waals surface area contributed by atoms with E-state index in [1.165, 1.54) is 11.1 Å². The van der Waals surface area contributed by atoms with Gasteiger partial charge in [0.15, 0.2) is 0 Å². The molecule has 0 radical (unpaired) electrons. The van der Waals surface area contributed by atoms with Gasteiger partial charge >= 0.3 is 0 Å². The molecule has 2 rings (SSSR count). The lowest BCUT2D eigenvalue weighted by atomic mass is 9.99. The molecule has 0 bridgehead atoms. The van der Waals surface area contributed by atoms with Crippen LogP contribution in [0, 0.1) is 12.9 Å². The van der Waals surface area contributed by atoms with Crippen LogP contribution in [0.3, 0.4) is 0 Å². The van der Waals surface area contributed by atoms with Crippen LogP contribution in [0.15, 0.2) is 30.5 Å². The van der Waals surface area contributed by atoms with Gasteiger partial charge in [0.2, 0.25) is 5.95 Å². The Morgan fingerprint density at radius 1 is 1.29 bits per heavy atom. The fourth-order valence-electron chi connectivity index (χ4n) is 2.10. The van der Waals surface area contributed by atoms with E-state index in [0.29, 0.717) is 16.7 Å². The molecule has 1 amide bonds. The average molecular weight is 287 g/mol. The van der Waals surface area contributed by atoms with Crippen LogP contribution in [0.2, 0.25) is 0 Å². The molecule has 0 saturated heterocycles. The third kappa shape index (κ3) is 3.25. The third-order valence-corrected chi connectivity index (χ3v) is 3.17. The predicted molar refractivity (Wildman–Crippen MR) is 80.3 cm³/mol. The maximum absolute atomic E-state index is 13.9. The van der Waals surface area contributed by atoms with Crippen molar-refractivity contribution in [2.75, 3.05) is 14.1 Å². The second kappa shape index (κ2) is 6.01. The van der Waals surface area contributed by atoms with Gasteiger partial charge in [-0.3, -0.25) is 4.79 Å². The Balaban J connectivity index is 2.60. The number of nitrogens with zero attached hydrogens (tertiary/aromatic N) is 2. The minimum atomic E-state index is -0.557. The van der Waals surface area contributed by atoms with Crippen LogP contribution in [0.25, 0.3) is 11.1 Å². The summed E-state index contributed by atoms with van der Waals surface area (Å²) in [6, 6.07) is 6.89. The van der Waals surface area contributed by atoms with Crippen molar-refractivity contribution in [3.8, 4) is 11.1 Å². The van der Waals surface area contributed by atoms with Crippen molar-refractivity contribution in [3.05, 3.63) is 53.1 Å². The third-order valence-electron chi connectivity index (χ3n) is 3.17. The normalized spacial score (nSPS) is 10.5. The van der Waals surface area contributed by atoms with Crippen LogP contribution in [-0.2, 0) is 6.54 Å². The molecule has 0 saturated carbocycles. The van der Waals surface area contributed by atoms with Crippen molar-refractivity contribution in [1.82, 2.24) is 9.88 Å². The van der Waals surface area contributed by atoms with Crippen molar-refractivity contribution >= 4 is 5.91 Å². The van der Waals surface area contributed by atoms with E-state index < -0.39 is 5.95 Å². The summed E-state index contributed by atoms with van der Waals surface area (Å²) in [4.78, 5) is 17.3. The van der Waals surface area contributed by atoms with Crippen LogP contribution < -0.4 is 5.73 Å². The molecule has 0 spiro atoms. The van der Waals surface area contributed by atoms with Gasteiger partial charge in [-0.2, -0.15) is 4.39 Å². The van der Waals surface area contributed by atoms with Crippen molar-refractivity contribution in [3.63, 3.8) is 0 Å². The van der Waals surface area contributed by atoms with Gasteiger partial charge in [-0.25, -0.2) is 4.98 Å². The summed E-state index contributed by atoms with van der Waals surface area (Å²) in [6.45, 7) is 2.12. The van der Waals surface area contributed by atoms with Crippen LogP contribution in [0.5, 0.6) is 0 Å². The summed E-state index contributed by atoms with van der Waals surface area (Å²) >= 11 is 0. The van der Waals surface area contributed by atoms with Gasteiger partial charge in [0.25, 0.3) is 5.91 Å². The Bertz CT molecular complexity index is 683. The number of carbonyl (C=O) groups excluding carboxylic acids is 1. The number of hydrogen-bond donors (Lipinski definition) is 1. The molecule has 21 heavy (non-hydrogen) atoms. The van der Waals surface area contributed by atoms with E-state index in [0.717, 1.165) is 11.1 Å². The fraction of sp³-hybridized carbons (Fsp3) is 0.250. The van der Waals surface area contributed by atoms with E-state index in [1.54, 1.807) is 38.4 Å². The van der Waals surface area contributed by atoms with Crippen LogP contribution in [-0.4, -0.2) is 29.9 Å². The zero-order valence-corrected chi connectivity index (χ0v) is 12.4. The molecule has 1 aromatic heterocycles. The highest BCUT2D eigenvalue weighted by Gasteiger charge is 2.14. The number of amides is 1. The zero-order chi connectivity index (χ0) is 15.6. The molecule has 0 aliphatic rings. The number of nitrogens with two attached hydrogens (primary N) is 1. The van der Waals surface area contributed by atoms with Crippen molar-refractivity contribution in [2.24, 2.45) is 5.73 Å². The Morgan fingerprint density at radius 2 is 2.00 bits per heavy atom. The largest absolute Gasteiger partial charge is 0.345 e. The van der Waals surface area contributed by atoms with E-state index in [-0.39, 0.29) is 12.5 Å². The molecule has 110 valence electrons. The topological polar surface area (TPSA) is 59.2 Å². The number of aromatic nitrogens is 1. The maximum atomic E-state index is 13.9. The van der Waals surface area contributed by atoms with E-state index in [9.17, 15) is 9.18 Å². The fourth-order valence-corrected chi connectivity index (χ4v) is 2.10. The first-order valence-corrected chi connectivity index (χ1v) is 6.60. The minimum absolute atomic E-state index is 0.146. The Hall–Kier alpha value is -2.27. The highest BCUT2D eigenvalue weighted by atomic mass is 19.1. The molecule has 2 aromatic rings. The first-order valence-electron chi connectivity index (χ1n) is 6.60. The van der Waals surface area contributed by atoms with Gasteiger partial charge in [0, 0.05) is 38.0 Å². The van der Waals surface area contributed by atoms with Gasteiger partial charge in [0.1, 0.15) is 0 Å². The van der Waals surface area contributed by atoms with Crippen molar-refractivity contribution < 1.29 is 9.18 Å². The van der Waals surface area contributed by atoms with Crippen LogP contribution in [0.4, 0.5) is 4.39 Å². The lowest BCUT2D eigenvalue weighted by Gasteiger charge is -2.13. The predicted octanol–water partition coefficient (Wildman–Crippen LogP) is 2.36. The average Bonchev–Trinajstić information content (AvgIpc) is 2.48. The highest BCUT2D eigenvalue weighted by molar-refractivity contribution is 5.95. The molecule has 1 aromatic carbocycles. The van der Waals surface area contributed by atoms with E-state index in [2.05, 4.69) is 4.98 Å². The molecular weight excluding hydrogens is 269 g/mol. The monoisotopic (exact) mass is 287 g/mol. The van der Waals surface area contributed by atoms with Crippen LogP contribution >= 0.6 is 0 Å². The van der Waals surface area contributed by atoms with E-state index in [1.807, 2.05) is 6.92 Å². The second-order valence-corrected chi connectivity index (χ2v) is 5.17. The smallest absolute Gasteiger partial charge is 0.253 e. The number of carbonyl (C=O) groups is 1. The number of aryl methyl sites for hydroxylation is 1. The molecule has 0 fully saturated rings. The van der Waals surface area contributed by atoms with Gasteiger partial charge < -0.3 is 10.6 Å². The maximum Gasteiger partial charge on any atom is 0.253 e. The van der Waals surface area contributed by atoms with Gasteiger partial charge in [-0.1, -0.05) is 0 Å². The minimum Gasteiger partial charge on any atom is -0.345 e. The summed E-state index contributed by atoms with van der Waals surface area (Å²) in [5.74, 6) is -0.703. The summed E-state index contributed by atoms with van der Waals surface area (Å²) in [7, 11) is 3.35. The Morgan fingerprint density at radius 3 is 2.62 bits per heavy atom. The van der Waals surface area contributed by atoms with E-state index in [4.69, 9.17) is 5.73 Å². The molecule has 0 aliphatic carbocycles. The van der Waals surface area contributed by atoms with Gasteiger partial charge in [-0.15, -0.1) is 0 Å². The highest BCUT2D eigenvalue weighted by Crippen LogP contribution is 2.25. The summed E-state index contributed by atoms with van der Waals surface area (Å²) in [5.41, 5.74) is 8.77. The van der Waals surface area contributed by atoms with E-state index >= 15 is 0 Å². The molecule has 5 heteroatoms. The lowest BCUT2D eigenvalue weighted by Crippen LogP contribution is -2.22. The van der Waals surface area contributed by atoms with Gasteiger partial charge in [-0.05, 0) is 47.9 Å². The summed E-state index contributed by atoms with van der Waals surface area (Å²) < 4.78 is 13.9. The van der Waals surface area contributed by atoms with Crippen molar-refractivity contribution in [2.45, 2.75) is 13.5 Å². The van der Waals surface area contributed by atoms with Gasteiger partial charge in [0.05, 0.1) is 0 Å². The van der Waals surface area contributed by atoms with Crippen LogP contribution in [0.1, 0.15) is 21.5 Å².